The molecular formula is C23H23F2N3O3. The number of nitrogens with one attached hydrogen (secondary N) is 1. The number of aromatic amines is 1. The second kappa shape index (κ2) is 8.85. The van der Waals surface area contributed by atoms with Crippen LogP contribution in [-0.2, 0) is 6.54 Å². The maximum absolute atomic E-state index is 13.4. The summed E-state index contributed by atoms with van der Waals surface area (Å²) >= 11 is 0. The number of piperidine rings is 1. The predicted octanol–water partition coefficient (Wildman–Crippen LogP) is 3.75. The molecule has 0 radical (unpaired) electrons. The topological polar surface area (TPSA) is 67.3 Å². The van der Waals surface area contributed by atoms with E-state index < -0.39 is 11.6 Å². The molecule has 1 aliphatic rings. The van der Waals surface area contributed by atoms with E-state index in [1.54, 1.807) is 23.8 Å². The fourth-order valence-corrected chi connectivity index (χ4v) is 3.90. The molecule has 0 saturated carbocycles. The number of aromatic nitrogens is 2. The molecule has 0 aliphatic carbocycles. The summed E-state index contributed by atoms with van der Waals surface area (Å²) in [5, 5.41) is 0. The van der Waals surface area contributed by atoms with E-state index in [9.17, 15) is 18.4 Å². The Morgan fingerprint density at radius 1 is 1.03 bits per heavy atom. The minimum absolute atomic E-state index is 0.0526. The average molecular weight is 427 g/mol. The Morgan fingerprint density at radius 3 is 2.45 bits per heavy atom. The van der Waals surface area contributed by atoms with Gasteiger partial charge in [-0.15, -0.1) is 0 Å². The van der Waals surface area contributed by atoms with Crippen molar-refractivity contribution in [2.45, 2.75) is 32.4 Å². The van der Waals surface area contributed by atoms with Gasteiger partial charge >= 0.3 is 5.69 Å². The molecule has 0 unspecified atom stereocenters. The van der Waals surface area contributed by atoms with Crippen LogP contribution in [0.4, 0.5) is 8.78 Å². The number of nitrogens with zero attached hydrogens (tertiary/aromatic N) is 2. The number of halogens is 2. The Hall–Kier alpha value is -3.26. The third kappa shape index (κ3) is 5.08. The Bertz CT molecular complexity index is 1180. The molecule has 31 heavy (non-hydrogen) atoms. The Labute approximate surface area is 177 Å². The van der Waals surface area contributed by atoms with E-state index in [1.807, 2.05) is 18.2 Å². The van der Waals surface area contributed by atoms with Crippen LogP contribution in [0.2, 0.25) is 0 Å². The second-order valence-electron chi connectivity index (χ2n) is 7.84. The summed E-state index contributed by atoms with van der Waals surface area (Å²) in [7, 11) is 0. The molecule has 6 nitrogen and oxygen atoms in total. The maximum atomic E-state index is 13.4. The first-order chi connectivity index (χ1) is 14.9. The lowest BCUT2D eigenvalue weighted by Gasteiger charge is -2.32. The average Bonchev–Trinajstić information content (AvgIpc) is 2.71. The van der Waals surface area contributed by atoms with Gasteiger partial charge in [0, 0.05) is 55.6 Å². The van der Waals surface area contributed by atoms with E-state index >= 15 is 0 Å². The first-order valence-electron chi connectivity index (χ1n) is 10.1. The molecule has 1 N–H and O–H groups in total. The van der Waals surface area contributed by atoms with Crippen LogP contribution >= 0.6 is 0 Å². The van der Waals surface area contributed by atoms with Gasteiger partial charge in [0.2, 0.25) is 0 Å². The molecule has 1 fully saturated rings. The molecule has 0 bridgehead atoms. The highest BCUT2D eigenvalue weighted by molar-refractivity contribution is 5.34. The molecule has 8 heteroatoms. The lowest BCUT2D eigenvalue weighted by Crippen LogP contribution is -2.39. The van der Waals surface area contributed by atoms with Crippen LogP contribution in [0.15, 0.2) is 58.3 Å². The molecule has 1 aromatic heterocycles. The summed E-state index contributed by atoms with van der Waals surface area (Å²) in [4.78, 5) is 28.4. The summed E-state index contributed by atoms with van der Waals surface area (Å²) in [5.74, 6) is -0.763. The molecule has 0 amide bonds. The van der Waals surface area contributed by atoms with Gasteiger partial charge in [-0.1, -0.05) is 12.1 Å². The van der Waals surface area contributed by atoms with Crippen LogP contribution in [0.3, 0.4) is 0 Å². The lowest BCUT2D eigenvalue weighted by atomic mass is 10.0. The summed E-state index contributed by atoms with van der Waals surface area (Å²) in [6, 6.07) is 10.5. The van der Waals surface area contributed by atoms with Crippen LogP contribution in [0.25, 0.3) is 0 Å². The monoisotopic (exact) mass is 427 g/mol. The highest BCUT2D eigenvalue weighted by Gasteiger charge is 2.22. The van der Waals surface area contributed by atoms with Gasteiger partial charge in [0.05, 0.1) is 0 Å². The lowest BCUT2D eigenvalue weighted by molar-refractivity contribution is 0.176. The van der Waals surface area contributed by atoms with Crippen molar-refractivity contribution in [3.63, 3.8) is 0 Å². The third-order valence-electron chi connectivity index (χ3n) is 5.47. The zero-order valence-electron chi connectivity index (χ0n) is 17.1. The quantitative estimate of drug-likeness (QED) is 0.674. The zero-order chi connectivity index (χ0) is 22.0. The van der Waals surface area contributed by atoms with Crippen LogP contribution in [-0.4, -0.2) is 27.5 Å². The molecule has 3 aromatic rings. The van der Waals surface area contributed by atoms with Crippen LogP contribution in [0.5, 0.6) is 11.5 Å². The largest absolute Gasteiger partial charge is 0.457 e. The van der Waals surface area contributed by atoms with Gasteiger partial charge in [-0.2, -0.15) is 0 Å². The molecule has 0 spiro atoms. The predicted molar refractivity (Wildman–Crippen MR) is 112 cm³/mol. The van der Waals surface area contributed by atoms with Gasteiger partial charge < -0.3 is 4.74 Å². The van der Waals surface area contributed by atoms with E-state index in [0.29, 0.717) is 17.9 Å². The minimum Gasteiger partial charge on any atom is -0.457 e. The smallest absolute Gasteiger partial charge is 0.328 e. The third-order valence-corrected chi connectivity index (χ3v) is 5.47. The van der Waals surface area contributed by atoms with E-state index in [0.717, 1.165) is 49.7 Å². The summed E-state index contributed by atoms with van der Waals surface area (Å²) in [5.41, 5.74) is 0.830. The number of hydrogen-bond donors (Lipinski definition) is 1. The van der Waals surface area contributed by atoms with Gasteiger partial charge in [-0.05, 0) is 37.5 Å². The number of hydrogen-bond acceptors (Lipinski definition) is 4. The fourth-order valence-electron chi connectivity index (χ4n) is 3.90. The molecule has 4 rings (SSSR count). The number of likely N-dealkylation sites (tertiary alicyclic amines) is 1. The van der Waals surface area contributed by atoms with Gasteiger partial charge in [0.1, 0.15) is 23.1 Å². The number of aryl methyl sites for hydroxylation is 1. The Balaban J connectivity index is 1.39. The number of H-pyrrole nitrogens is 1. The molecule has 162 valence electrons. The number of benzene rings is 2. The molecule has 2 aromatic carbocycles. The number of rotatable bonds is 5. The van der Waals surface area contributed by atoms with Crippen molar-refractivity contribution in [3.8, 4) is 11.5 Å². The van der Waals surface area contributed by atoms with Crippen molar-refractivity contribution in [1.82, 2.24) is 14.5 Å². The van der Waals surface area contributed by atoms with Crippen LogP contribution in [0, 0.1) is 18.6 Å². The van der Waals surface area contributed by atoms with Crippen molar-refractivity contribution in [2.24, 2.45) is 0 Å². The first-order valence-corrected chi connectivity index (χ1v) is 10.1. The van der Waals surface area contributed by atoms with Crippen molar-refractivity contribution < 1.29 is 13.5 Å². The van der Waals surface area contributed by atoms with Crippen molar-refractivity contribution in [3.05, 3.63) is 92.3 Å². The van der Waals surface area contributed by atoms with Gasteiger partial charge in [0.15, 0.2) is 0 Å². The molecule has 0 atom stereocenters. The zero-order valence-corrected chi connectivity index (χ0v) is 17.1. The normalized spacial score (nSPS) is 15.2. The fraction of sp³-hybridized carbons (Fsp3) is 0.304. The maximum Gasteiger partial charge on any atom is 0.328 e. The van der Waals surface area contributed by atoms with E-state index in [2.05, 4.69) is 9.88 Å². The van der Waals surface area contributed by atoms with Crippen molar-refractivity contribution >= 4 is 0 Å². The van der Waals surface area contributed by atoms with Gasteiger partial charge in [-0.3, -0.25) is 19.2 Å². The van der Waals surface area contributed by atoms with E-state index in [-0.39, 0.29) is 23.0 Å². The van der Waals surface area contributed by atoms with Crippen LogP contribution in [0.1, 0.15) is 30.0 Å². The summed E-state index contributed by atoms with van der Waals surface area (Å²) in [6.07, 6.45) is 3.23. The molecule has 1 saturated heterocycles. The first kappa shape index (κ1) is 21.0. The Kier molecular flexibility index (Phi) is 5.99. The standard InChI is InChI=1S/C23H23F2N3O3/c1-15-13-28(23(30)26-22(15)29)19-5-7-27(8-6-19)14-16-3-2-4-20(9-16)31-21-11-17(24)10-18(25)12-21/h2-4,9-13,19H,5-8,14H2,1H3,(H,26,29,30). The minimum atomic E-state index is -0.689. The molecular weight excluding hydrogens is 404 g/mol. The van der Waals surface area contributed by atoms with Crippen LogP contribution < -0.4 is 16.0 Å². The molecule has 1 aliphatic heterocycles. The van der Waals surface area contributed by atoms with E-state index in [4.69, 9.17) is 4.74 Å². The second-order valence-corrected chi connectivity index (χ2v) is 7.84. The summed E-state index contributed by atoms with van der Waals surface area (Å²) in [6.45, 7) is 3.99. The molecule has 2 heterocycles. The highest BCUT2D eigenvalue weighted by atomic mass is 19.1. The van der Waals surface area contributed by atoms with Gasteiger partial charge in [-0.25, -0.2) is 13.6 Å². The van der Waals surface area contributed by atoms with Crippen molar-refractivity contribution in [1.29, 1.82) is 0 Å². The number of ether oxygens (including phenoxy) is 1. The SMILES string of the molecule is Cc1cn(C2CCN(Cc3cccc(Oc4cc(F)cc(F)c4)c3)CC2)c(=O)[nH]c1=O. The highest BCUT2D eigenvalue weighted by Crippen LogP contribution is 2.26. The summed E-state index contributed by atoms with van der Waals surface area (Å²) < 4.78 is 34.0. The van der Waals surface area contributed by atoms with E-state index in [1.165, 1.54) is 0 Å². The van der Waals surface area contributed by atoms with Crippen molar-refractivity contribution in [2.75, 3.05) is 13.1 Å². The van der Waals surface area contributed by atoms with Gasteiger partial charge in [0.25, 0.3) is 5.56 Å². The Morgan fingerprint density at radius 2 is 1.74 bits per heavy atom.